The van der Waals surface area contributed by atoms with Crippen molar-refractivity contribution in [1.82, 2.24) is 14.5 Å². The summed E-state index contributed by atoms with van der Waals surface area (Å²) < 4.78 is 2.25. The van der Waals surface area contributed by atoms with Crippen LogP contribution in [0.2, 0.25) is 0 Å². The van der Waals surface area contributed by atoms with Crippen LogP contribution in [0.15, 0.2) is 35.1 Å². The Morgan fingerprint density at radius 1 is 1.21 bits per heavy atom. The Balaban J connectivity index is 1.68. The van der Waals surface area contributed by atoms with E-state index in [0.717, 1.165) is 52.1 Å². The van der Waals surface area contributed by atoms with Gasteiger partial charge in [0, 0.05) is 27.5 Å². The fourth-order valence-electron chi connectivity index (χ4n) is 4.66. The number of benzene rings is 1. The summed E-state index contributed by atoms with van der Waals surface area (Å²) in [6.45, 7) is 8.61. The first-order valence-corrected chi connectivity index (χ1v) is 11.1. The summed E-state index contributed by atoms with van der Waals surface area (Å²) in [5.41, 5.74) is 6.83. The minimum absolute atomic E-state index is 0.00209. The molecule has 0 amide bonds. The van der Waals surface area contributed by atoms with Crippen LogP contribution in [0.1, 0.15) is 40.7 Å². The smallest absolute Gasteiger partial charge is 0.260 e. The molecule has 1 N–H and O–H groups in total. The molecule has 5 rings (SSSR count). The average molecular weight is 404 g/mol. The second-order valence-corrected chi connectivity index (χ2v) is 9.44. The third kappa shape index (κ3) is 2.87. The summed E-state index contributed by atoms with van der Waals surface area (Å²) >= 11 is 1.70. The van der Waals surface area contributed by atoms with Gasteiger partial charge in [-0.15, -0.1) is 11.3 Å². The number of aryl methyl sites for hydroxylation is 3. The molecule has 0 fully saturated rings. The fourth-order valence-corrected chi connectivity index (χ4v) is 6.05. The van der Waals surface area contributed by atoms with Gasteiger partial charge >= 0.3 is 0 Å². The van der Waals surface area contributed by atoms with Gasteiger partial charge in [0.2, 0.25) is 0 Å². The molecule has 1 aliphatic rings. The predicted octanol–water partition coefficient (Wildman–Crippen LogP) is 5.49. The first-order chi connectivity index (χ1) is 13.9. The molecule has 3 heterocycles. The topological polar surface area (TPSA) is 50.7 Å². The highest BCUT2D eigenvalue weighted by Gasteiger charge is 2.24. The lowest BCUT2D eigenvalue weighted by Gasteiger charge is -2.17. The molecule has 0 bridgehead atoms. The maximum absolute atomic E-state index is 13.0. The molecule has 1 unspecified atom stereocenters. The normalized spacial score (nSPS) is 16.3. The summed E-state index contributed by atoms with van der Waals surface area (Å²) in [6.07, 6.45) is 3.20. The molecule has 29 heavy (non-hydrogen) atoms. The van der Waals surface area contributed by atoms with Gasteiger partial charge in [-0.25, -0.2) is 4.98 Å². The highest BCUT2D eigenvalue weighted by atomic mass is 32.1. The second-order valence-electron chi connectivity index (χ2n) is 8.35. The lowest BCUT2D eigenvalue weighted by molar-refractivity contribution is 0.509. The Kier molecular flexibility index (Phi) is 4.24. The molecule has 3 aromatic heterocycles. The van der Waals surface area contributed by atoms with Crippen LogP contribution in [-0.4, -0.2) is 14.5 Å². The third-order valence-corrected chi connectivity index (χ3v) is 7.36. The van der Waals surface area contributed by atoms with Crippen LogP contribution in [-0.2, 0) is 12.8 Å². The van der Waals surface area contributed by atoms with E-state index >= 15 is 0 Å². The highest BCUT2D eigenvalue weighted by molar-refractivity contribution is 7.18. The molecule has 1 aromatic carbocycles. The van der Waals surface area contributed by atoms with Crippen LogP contribution in [0.4, 0.5) is 0 Å². The van der Waals surface area contributed by atoms with Crippen LogP contribution < -0.4 is 5.56 Å². The molecule has 148 valence electrons. The summed E-state index contributed by atoms with van der Waals surface area (Å²) in [6, 6.07) is 10.5. The Hall–Kier alpha value is -2.66. The molecule has 0 saturated heterocycles. The predicted molar refractivity (Wildman–Crippen MR) is 120 cm³/mol. The van der Waals surface area contributed by atoms with Crippen molar-refractivity contribution in [3.05, 3.63) is 68.1 Å². The van der Waals surface area contributed by atoms with E-state index in [-0.39, 0.29) is 5.56 Å². The van der Waals surface area contributed by atoms with Gasteiger partial charge < -0.3 is 9.55 Å². The van der Waals surface area contributed by atoms with Gasteiger partial charge in [-0.05, 0) is 69.2 Å². The van der Waals surface area contributed by atoms with E-state index in [0.29, 0.717) is 11.7 Å². The van der Waals surface area contributed by atoms with Crippen molar-refractivity contribution in [2.75, 3.05) is 0 Å². The van der Waals surface area contributed by atoms with Gasteiger partial charge in [0.1, 0.15) is 10.7 Å². The molecule has 1 atom stereocenters. The van der Waals surface area contributed by atoms with Gasteiger partial charge in [0.05, 0.1) is 5.39 Å². The van der Waals surface area contributed by atoms with Gasteiger partial charge in [0.15, 0.2) is 0 Å². The summed E-state index contributed by atoms with van der Waals surface area (Å²) in [5, 5.41) is 0.813. The number of fused-ring (bicyclic) bond motifs is 3. The van der Waals surface area contributed by atoms with Gasteiger partial charge in [-0.1, -0.05) is 25.1 Å². The second kappa shape index (κ2) is 6.70. The van der Waals surface area contributed by atoms with Crippen molar-refractivity contribution in [3.63, 3.8) is 0 Å². The molecule has 0 aliphatic heterocycles. The molecule has 4 aromatic rings. The first-order valence-electron chi connectivity index (χ1n) is 10.2. The van der Waals surface area contributed by atoms with E-state index in [9.17, 15) is 4.79 Å². The maximum atomic E-state index is 13.0. The number of rotatable bonds is 2. The maximum Gasteiger partial charge on any atom is 0.260 e. The number of hydrogen-bond donors (Lipinski definition) is 1. The minimum atomic E-state index is -0.00209. The van der Waals surface area contributed by atoms with E-state index in [4.69, 9.17) is 4.98 Å². The van der Waals surface area contributed by atoms with E-state index in [1.807, 2.05) is 0 Å². The Bertz CT molecular complexity index is 1310. The number of aromatic nitrogens is 3. The number of H-pyrrole nitrogens is 1. The zero-order chi connectivity index (χ0) is 20.3. The van der Waals surface area contributed by atoms with Crippen molar-refractivity contribution < 1.29 is 0 Å². The number of thiophene rings is 1. The van der Waals surface area contributed by atoms with E-state index in [1.165, 1.54) is 16.0 Å². The average Bonchev–Trinajstić information content (AvgIpc) is 3.19. The largest absolute Gasteiger partial charge is 0.317 e. The Morgan fingerprint density at radius 3 is 2.79 bits per heavy atom. The van der Waals surface area contributed by atoms with Crippen molar-refractivity contribution in [1.29, 1.82) is 0 Å². The fraction of sp³-hybridized carbons (Fsp3) is 0.333. The monoisotopic (exact) mass is 403 g/mol. The molecule has 1 aliphatic carbocycles. The zero-order valence-corrected chi connectivity index (χ0v) is 18.1. The van der Waals surface area contributed by atoms with Crippen LogP contribution in [0, 0.1) is 26.7 Å². The van der Waals surface area contributed by atoms with Gasteiger partial charge in [-0.2, -0.15) is 0 Å². The Labute approximate surface area is 174 Å². The van der Waals surface area contributed by atoms with E-state index in [2.05, 4.69) is 67.6 Å². The summed E-state index contributed by atoms with van der Waals surface area (Å²) in [4.78, 5) is 23.2. The van der Waals surface area contributed by atoms with Crippen LogP contribution in [0.3, 0.4) is 0 Å². The van der Waals surface area contributed by atoms with Crippen molar-refractivity contribution >= 4 is 21.6 Å². The van der Waals surface area contributed by atoms with Crippen LogP contribution in [0.5, 0.6) is 0 Å². The zero-order valence-electron chi connectivity index (χ0n) is 17.3. The molecule has 0 radical (unpaired) electrons. The van der Waals surface area contributed by atoms with Crippen molar-refractivity contribution in [2.24, 2.45) is 5.92 Å². The number of hydrogen-bond acceptors (Lipinski definition) is 3. The first kappa shape index (κ1) is 18.4. The molecular weight excluding hydrogens is 378 g/mol. The molecule has 0 saturated carbocycles. The van der Waals surface area contributed by atoms with E-state index < -0.39 is 0 Å². The number of aromatic amines is 1. The summed E-state index contributed by atoms with van der Waals surface area (Å²) in [5.74, 6) is 1.35. The molecule has 0 spiro atoms. The minimum Gasteiger partial charge on any atom is -0.317 e. The lowest BCUT2D eigenvalue weighted by Crippen LogP contribution is -2.13. The summed E-state index contributed by atoms with van der Waals surface area (Å²) in [7, 11) is 0. The van der Waals surface area contributed by atoms with Crippen LogP contribution >= 0.6 is 11.3 Å². The number of nitrogens with zero attached hydrogens (tertiary/aromatic N) is 2. The van der Waals surface area contributed by atoms with E-state index in [1.54, 1.807) is 11.3 Å². The van der Waals surface area contributed by atoms with Gasteiger partial charge in [0.25, 0.3) is 5.56 Å². The number of para-hydroxylation sites is 1. The Morgan fingerprint density at radius 2 is 2.00 bits per heavy atom. The molecular formula is C24H25N3OS. The van der Waals surface area contributed by atoms with Crippen molar-refractivity contribution in [2.45, 2.75) is 47.0 Å². The van der Waals surface area contributed by atoms with Crippen LogP contribution in [0.25, 0.3) is 27.3 Å². The third-order valence-electron chi connectivity index (χ3n) is 6.21. The van der Waals surface area contributed by atoms with Crippen molar-refractivity contribution in [3.8, 4) is 17.1 Å². The van der Waals surface area contributed by atoms with Gasteiger partial charge in [-0.3, -0.25) is 4.79 Å². The number of nitrogens with one attached hydrogen (secondary N) is 1. The lowest BCUT2D eigenvalue weighted by atomic mass is 9.89. The highest BCUT2D eigenvalue weighted by Crippen LogP contribution is 2.37. The quantitative estimate of drug-likeness (QED) is 0.481. The standard InChI is InChI=1S/C24H25N3OS/c1-13-9-10-17-20(11-13)29-24-21(17)23(28)25-22(26-24)18-12-15(3)27(16(18)4)19-8-6-5-7-14(19)2/h5-8,12-13H,9-11H2,1-4H3,(H,25,26,28). The SMILES string of the molecule is Cc1ccccc1-n1c(C)cc(-c2nc3sc4c(c3c(=O)[nH]2)CCC(C)C4)c1C. The molecule has 4 nitrogen and oxygen atoms in total. The molecule has 5 heteroatoms.